The van der Waals surface area contributed by atoms with E-state index in [-0.39, 0.29) is 6.16 Å². The van der Waals surface area contributed by atoms with Gasteiger partial charge in [-0.25, -0.2) is 4.98 Å². The molecule has 0 aliphatic heterocycles. The Balaban J connectivity index is 1.47. The molecule has 0 amide bonds. The Hall–Kier alpha value is -2.02. The van der Waals surface area contributed by atoms with Crippen LogP contribution >= 0.6 is 18.9 Å². The van der Waals surface area contributed by atoms with Gasteiger partial charge in [-0.15, -0.1) is 11.3 Å². The number of thiophene rings is 1. The number of pyridine rings is 1. The van der Waals surface area contributed by atoms with Gasteiger partial charge in [0, 0.05) is 6.54 Å². The maximum Gasteiger partial charge on any atom is 0.325 e. The molecule has 32 heavy (non-hydrogen) atoms. The number of nitrogens with zero attached hydrogens (tertiary/aromatic N) is 1. The van der Waals surface area contributed by atoms with Gasteiger partial charge in [-0.05, 0) is 67.8 Å². The molecule has 3 rings (SSSR count). The van der Waals surface area contributed by atoms with Gasteiger partial charge in [0.05, 0.1) is 23.3 Å². The summed E-state index contributed by atoms with van der Waals surface area (Å²) in [6, 6.07) is 18.5. The lowest BCUT2D eigenvalue weighted by molar-refractivity contribution is 0.305. The van der Waals surface area contributed by atoms with Crippen molar-refractivity contribution in [2.75, 3.05) is 19.3 Å². The predicted molar refractivity (Wildman–Crippen MR) is 130 cm³/mol. The average molecular weight is 475 g/mol. The number of benzene rings is 1. The van der Waals surface area contributed by atoms with E-state index < -0.39 is 7.60 Å². The van der Waals surface area contributed by atoms with E-state index in [1.807, 2.05) is 35.7 Å². The first kappa shape index (κ1) is 24.6. The molecule has 1 aromatic carbocycles. The second kappa shape index (κ2) is 12.9. The maximum absolute atomic E-state index is 10.9. The van der Waals surface area contributed by atoms with Crippen LogP contribution in [0.5, 0.6) is 5.75 Å². The summed E-state index contributed by atoms with van der Waals surface area (Å²) in [4.78, 5) is 23.7. The standard InChI is InChI=1S/C24H31N2O4PS/c27-31(28,29)17-8-15-25-19-21-13-14-22(24(26-21)23-12-7-18-32-23)30-16-6-2-5-11-20-9-3-1-4-10-20/h1,3-4,7,9-10,12-14,18,25H,2,5-6,8,11,15-17,19H2,(H2,27,28,29). The predicted octanol–water partition coefficient (Wildman–Crippen LogP) is 5.26. The molecule has 0 bridgehead atoms. The van der Waals surface area contributed by atoms with Crippen molar-refractivity contribution in [2.24, 2.45) is 0 Å². The van der Waals surface area contributed by atoms with E-state index in [1.165, 1.54) is 5.56 Å². The third-order valence-electron chi connectivity index (χ3n) is 4.99. The number of ether oxygens (including phenoxy) is 1. The lowest BCUT2D eigenvalue weighted by Crippen LogP contribution is -2.17. The molecule has 6 nitrogen and oxygen atoms in total. The van der Waals surface area contributed by atoms with E-state index in [0.29, 0.717) is 26.1 Å². The first-order valence-electron chi connectivity index (χ1n) is 11.0. The monoisotopic (exact) mass is 474 g/mol. The van der Waals surface area contributed by atoms with Crippen molar-refractivity contribution in [3.05, 3.63) is 71.2 Å². The molecule has 0 aliphatic rings. The zero-order chi connectivity index (χ0) is 22.7. The van der Waals surface area contributed by atoms with Crippen LogP contribution in [0.3, 0.4) is 0 Å². The first-order chi connectivity index (χ1) is 15.5. The highest BCUT2D eigenvalue weighted by atomic mass is 32.1. The molecular formula is C24H31N2O4PS. The molecule has 0 fully saturated rings. The second-order valence-corrected chi connectivity index (χ2v) is 10.4. The van der Waals surface area contributed by atoms with Crippen molar-refractivity contribution in [3.8, 4) is 16.3 Å². The van der Waals surface area contributed by atoms with Gasteiger partial charge < -0.3 is 19.8 Å². The number of nitrogens with one attached hydrogen (secondary N) is 1. The van der Waals surface area contributed by atoms with E-state index in [1.54, 1.807) is 11.3 Å². The van der Waals surface area contributed by atoms with Gasteiger partial charge in [0.15, 0.2) is 0 Å². The van der Waals surface area contributed by atoms with E-state index in [0.717, 1.165) is 47.7 Å². The molecule has 8 heteroatoms. The Bertz CT molecular complexity index is 977. The highest BCUT2D eigenvalue weighted by Crippen LogP contribution is 2.34. The van der Waals surface area contributed by atoms with E-state index in [4.69, 9.17) is 19.5 Å². The van der Waals surface area contributed by atoms with Crippen LogP contribution in [0.15, 0.2) is 60.0 Å². The molecular weight excluding hydrogens is 443 g/mol. The minimum atomic E-state index is -3.93. The lowest BCUT2D eigenvalue weighted by Gasteiger charge is -2.12. The van der Waals surface area contributed by atoms with Gasteiger partial charge in [-0.3, -0.25) is 4.57 Å². The largest absolute Gasteiger partial charge is 0.491 e. The minimum absolute atomic E-state index is 0.105. The van der Waals surface area contributed by atoms with Gasteiger partial charge in [0.25, 0.3) is 0 Å². The average Bonchev–Trinajstić information content (AvgIpc) is 3.31. The fourth-order valence-corrected chi connectivity index (χ4v) is 4.64. The Morgan fingerprint density at radius 2 is 1.81 bits per heavy atom. The van der Waals surface area contributed by atoms with Crippen molar-refractivity contribution in [2.45, 2.75) is 38.6 Å². The molecule has 0 radical (unpaired) electrons. The summed E-state index contributed by atoms with van der Waals surface area (Å²) in [5.41, 5.74) is 3.10. The molecule has 0 unspecified atom stereocenters. The summed E-state index contributed by atoms with van der Waals surface area (Å²) >= 11 is 1.63. The molecule has 0 saturated carbocycles. The molecule has 172 valence electrons. The Labute approximate surface area is 193 Å². The van der Waals surface area contributed by atoms with Crippen molar-refractivity contribution in [1.82, 2.24) is 10.3 Å². The summed E-state index contributed by atoms with van der Waals surface area (Å²) in [7, 11) is -3.93. The summed E-state index contributed by atoms with van der Waals surface area (Å²) < 4.78 is 17.0. The van der Waals surface area contributed by atoms with Crippen LogP contribution in [-0.2, 0) is 17.5 Å². The Morgan fingerprint density at radius 1 is 0.969 bits per heavy atom. The van der Waals surface area contributed by atoms with Crippen molar-refractivity contribution >= 4 is 18.9 Å². The zero-order valence-corrected chi connectivity index (χ0v) is 19.9. The van der Waals surface area contributed by atoms with Crippen LogP contribution in [0.2, 0.25) is 0 Å². The van der Waals surface area contributed by atoms with E-state index >= 15 is 0 Å². The SMILES string of the molecule is O=P(O)(O)CCCNCc1ccc(OCCCCCc2ccccc2)c(-c2cccs2)n1. The number of unbranched alkanes of at least 4 members (excludes halogenated alkanes) is 2. The third-order valence-corrected chi connectivity index (χ3v) is 6.77. The van der Waals surface area contributed by atoms with Crippen LogP contribution in [0.1, 0.15) is 36.9 Å². The van der Waals surface area contributed by atoms with Gasteiger partial charge in [0.2, 0.25) is 0 Å². The fourth-order valence-electron chi connectivity index (χ4n) is 3.35. The van der Waals surface area contributed by atoms with Gasteiger partial charge in [-0.2, -0.15) is 0 Å². The zero-order valence-electron chi connectivity index (χ0n) is 18.2. The Morgan fingerprint density at radius 3 is 2.56 bits per heavy atom. The van der Waals surface area contributed by atoms with Gasteiger partial charge in [0.1, 0.15) is 11.4 Å². The topological polar surface area (TPSA) is 91.7 Å². The van der Waals surface area contributed by atoms with Crippen molar-refractivity contribution in [1.29, 1.82) is 0 Å². The van der Waals surface area contributed by atoms with Gasteiger partial charge >= 0.3 is 7.60 Å². The summed E-state index contributed by atoms with van der Waals surface area (Å²) in [5.74, 6) is 0.792. The molecule has 2 aromatic heterocycles. The maximum atomic E-state index is 10.9. The number of hydrogen-bond acceptors (Lipinski definition) is 5. The molecule has 0 atom stereocenters. The molecule has 3 N–H and O–H groups in total. The number of hydrogen-bond donors (Lipinski definition) is 3. The van der Waals surface area contributed by atoms with Crippen LogP contribution in [0.25, 0.3) is 10.6 Å². The highest BCUT2D eigenvalue weighted by molar-refractivity contribution is 7.51. The molecule has 2 heterocycles. The molecule has 0 aliphatic carbocycles. The number of rotatable bonds is 14. The van der Waals surface area contributed by atoms with Crippen molar-refractivity contribution < 1.29 is 19.1 Å². The minimum Gasteiger partial charge on any atom is -0.491 e. The number of aromatic nitrogens is 1. The van der Waals surface area contributed by atoms with Crippen LogP contribution < -0.4 is 10.1 Å². The smallest absolute Gasteiger partial charge is 0.325 e. The quantitative estimate of drug-likeness (QED) is 0.218. The fraction of sp³-hybridized carbons (Fsp3) is 0.375. The third kappa shape index (κ3) is 8.85. The summed E-state index contributed by atoms with van der Waals surface area (Å²) in [6.45, 7) is 1.73. The van der Waals surface area contributed by atoms with Crippen LogP contribution in [-0.4, -0.2) is 34.1 Å². The number of aryl methyl sites for hydroxylation is 1. The van der Waals surface area contributed by atoms with Crippen LogP contribution in [0.4, 0.5) is 0 Å². The Kier molecular flexibility index (Phi) is 9.90. The molecule has 3 aromatic rings. The van der Waals surface area contributed by atoms with Crippen LogP contribution in [0, 0.1) is 0 Å². The second-order valence-electron chi connectivity index (χ2n) is 7.69. The van der Waals surface area contributed by atoms with E-state index in [9.17, 15) is 4.57 Å². The molecule has 0 saturated heterocycles. The molecule has 0 spiro atoms. The lowest BCUT2D eigenvalue weighted by atomic mass is 10.1. The van der Waals surface area contributed by atoms with Crippen molar-refractivity contribution in [3.63, 3.8) is 0 Å². The van der Waals surface area contributed by atoms with Gasteiger partial charge in [-0.1, -0.05) is 36.4 Å². The van der Waals surface area contributed by atoms with E-state index in [2.05, 4.69) is 29.6 Å². The summed E-state index contributed by atoms with van der Waals surface area (Å²) in [6.07, 6.45) is 4.68. The summed E-state index contributed by atoms with van der Waals surface area (Å²) in [5, 5.41) is 5.23. The highest BCUT2D eigenvalue weighted by Gasteiger charge is 2.13. The first-order valence-corrected chi connectivity index (χ1v) is 13.6. The normalized spacial score (nSPS) is 11.6.